The zero-order valence-electron chi connectivity index (χ0n) is 9.88. The largest absolute Gasteiger partial charge is 0.465 e. The first-order valence-electron chi connectivity index (χ1n) is 5.16. The van der Waals surface area contributed by atoms with Crippen LogP contribution in [0.25, 0.3) is 0 Å². The van der Waals surface area contributed by atoms with Crippen LogP contribution in [0, 0.1) is 0 Å². The van der Waals surface area contributed by atoms with E-state index in [9.17, 15) is 4.79 Å². The second-order valence-electron chi connectivity index (χ2n) is 3.38. The number of thiazole rings is 1. The van der Waals surface area contributed by atoms with Crippen LogP contribution in [0.15, 0.2) is 12.3 Å². The van der Waals surface area contributed by atoms with Crippen molar-refractivity contribution >= 4 is 39.9 Å². The van der Waals surface area contributed by atoms with Crippen LogP contribution >= 0.6 is 22.9 Å². The lowest BCUT2D eigenvalue weighted by molar-refractivity contribution is 0.0606. The smallest absolute Gasteiger partial charge is 0.351 e. The summed E-state index contributed by atoms with van der Waals surface area (Å²) in [5.41, 5.74) is 5.54. The van der Waals surface area contributed by atoms with Crippen molar-refractivity contribution in [1.82, 2.24) is 15.0 Å². The number of nitrogens with one attached hydrogen (secondary N) is 1. The Balaban J connectivity index is 2.06. The molecule has 2 rings (SSSR count). The number of methoxy groups -OCH3 is 1. The molecule has 0 bridgehead atoms. The standard InChI is InChI=1S/C10H10ClN5O2S/c1-18-9(17)7-8(11)16-10(19-7)14-4-6-13-3-2-5(12)15-6/h2-3H,4H2,1H3,(H,14,16)(H2,12,13,15). The van der Waals surface area contributed by atoms with Gasteiger partial charge in [0.1, 0.15) is 11.6 Å². The quantitative estimate of drug-likeness (QED) is 0.826. The van der Waals surface area contributed by atoms with Crippen molar-refractivity contribution in [2.24, 2.45) is 0 Å². The highest BCUT2D eigenvalue weighted by Gasteiger charge is 2.17. The van der Waals surface area contributed by atoms with Crippen LogP contribution in [-0.2, 0) is 11.3 Å². The molecule has 2 aromatic heterocycles. The molecule has 0 spiro atoms. The number of anilines is 2. The van der Waals surface area contributed by atoms with E-state index in [1.165, 1.54) is 7.11 Å². The number of hydrogen-bond donors (Lipinski definition) is 2. The summed E-state index contributed by atoms with van der Waals surface area (Å²) in [5, 5.41) is 3.55. The summed E-state index contributed by atoms with van der Waals surface area (Å²) in [6.07, 6.45) is 1.56. The predicted octanol–water partition coefficient (Wildman–Crippen LogP) is 1.57. The highest BCUT2D eigenvalue weighted by atomic mass is 35.5. The Kier molecular flexibility index (Phi) is 4.13. The third-order valence-electron chi connectivity index (χ3n) is 2.08. The number of rotatable bonds is 4. The molecule has 0 aromatic carbocycles. The van der Waals surface area contributed by atoms with Crippen LogP contribution < -0.4 is 11.1 Å². The van der Waals surface area contributed by atoms with Crippen molar-refractivity contribution in [3.63, 3.8) is 0 Å². The summed E-state index contributed by atoms with van der Waals surface area (Å²) in [4.78, 5) is 23.7. The average molecular weight is 300 g/mol. The summed E-state index contributed by atoms with van der Waals surface area (Å²) >= 11 is 6.93. The van der Waals surface area contributed by atoms with E-state index in [2.05, 4.69) is 25.0 Å². The Morgan fingerprint density at radius 1 is 1.58 bits per heavy atom. The van der Waals surface area contributed by atoms with E-state index in [0.29, 0.717) is 23.3 Å². The first-order valence-corrected chi connectivity index (χ1v) is 6.35. The number of nitrogens with two attached hydrogens (primary N) is 1. The third-order valence-corrected chi connectivity index (χ3v) is 3.46. The van der Waals surface area contributed by atoms with E-state index >= 15 is 0 Å². The fourth-order valence-electron chi connectivity index (χ4n) is 1.25. The van der Waals surface area contributed by atoms with Crippen molar-refractivity contribution in [1.29, 1.82) is 0 Å². The number of nitrogens with zero attached hydrogens (tertiary/aromatic N) is 3. The fourth-order valence-corrected chi connectivity index (χ4v) is 2.35. The topological polar surface area (TPSA) is 103 Å². The van der Waals surface area contributed by atoms with Gasteiger partial charge in [0.25, 0.3) is 0 Å². The molecule has 9 heteroatoms. The second kappa shape index (κ2) is 5.81. The number of halogens is 1. The zero-order chi connectivity index (χ0) is 13.8. The third kappa shape index (κ3) is 3.30. The number of nitrogen functional groups attached to an aromatic ring is 1. The number of esters is 1. The molecule has 0 unspecified atom stereocenters. The summed E-state index contributed by atoms with van der Waals surface area (Å²) in [7, 11) is 1.28. The first-order chi connectivity index (χ1) is 9.10. The lowest BCUT2D eigenvalue weighted by Crippen LogP contribution is -2.05. The molecule has 0 atom stereocenters. The normalized spacial score (nSPS) is 10.2. The van der Waals surface area contributed by atoms with E-state index in [4.69, 9.17) is 17.3 Å². The van der Waals surface area contributed by atoms with E-state index < -0.39 is 5.97 Å². The van der Waals surface area contributed by atoms with Gasteiger partial charge in [-0.3, -0.25) is 0 Å². The molecule has 0 radical (unpaired) electrons. The van der Waals surface area contributed by atoms with Gasteiger partial charge < -0.3 is 15.8 Å². The zero-order valence-corrected chi connectivity index (χ0v) is 11.5. The van der Waals surface area contributed by atoms with E-state index in [-0.39, 0.29) is 10.0 Å². The van der Waals surface area contributed by atoms with Crippen LogP contribution in [0.1, 0.15) is 15.5 Å². The molecule has 0 saturated heterocycles. The highest BCUT2D eigenvalue weighted by Crippen LogP contribution is 2.27. The number of carbonyl (C=O) groups excluding carboxylic acids is 1. The van der Waals surface area contributed by atoms with Crippen LogP contribution in [-0.4, -0.2) is 28.0 Å². The SMILES string of the molecule is COC(=O)c1sc(NCc2nccc(N)n2)nc1Cl. The molecule has 0 aliphatic carbocycles. The van der Waals surface area contributed by atoms with Crippen molar-refractivity contribution in [2.45, 2.75) is 6.54 Å². The molecule has 100 valence electrons. The molecule has 2 aromatic rings. The minimum atomic E-state index is -0.518. The highest BCUT2D eigenvalue weighted by molar-refractivity contribution is 7.18. The number of ether oxygens (including phenoxy) is 1. The van der Waals surface area contributed by atoms with Crippen LogP contribution in [0.3, 0.4) is 0 Å². The maximum absolute atomic E-state index is 11.4. The Bertz CT molecular complexity index is 603. The molecule has 2 heterocycles. The van der Waals surface area contributed by atoms with Crippen LogP contribution in [0.2, 0.25) is 5.15 Å². The minimum Gasteiger partial charge on any atom is -0.465 e. The van der Waals surface area contributed by atoms with Gasteiger partial charge in [-0.25, -0.2) is 19.7 Å². The molecule has 0 saturated carbocycles. The van der Waals surface area contributed by atoms with Gasteiger partial charge in [0.2, 0.25) is 0 Å². The minimum absolute atomic E-state index is 0.104. The molecule has 0 aliphatic heterocycles. The van der Waals surface area contributed by atoms with Crippen molar-refractivity contribution < 1.29 is 9.53 Å². The van der Waals surface area contributed by atoms with E-state index in [1.807, 2.05) is 0 Å². The van der Waals surface area contributed by atoms with E-state index in [1.54, 1.807) is 12.3 Å². The monoisotopic (exact) mass is 299 g/mol. The maximum atomic E-state index is 11.4. The lowest BCUT2D eigenvalue weighted by atomic mass is 10.5. The average Bonchev–Trinajstić information content (AvgIpc) is 2.77. The van der Waals surface area contributed by atoms with Crippen molar-refractivity contribution in [3.8, 4) is 0 Å². The molecule has 0 amide bonds. The Morgan fingerprint density at radius 2 is 2.37 bits per heavy atom. The summed E-state index contributed by atoms with van der Waals surface area (Å²) in [6, 6.07) is 1.60. The van der Waals surface area contributed by atoms with Crippen LogP contribution in [0.5, 0.6) is 0 Å². The number of carbonyl (C=O) groups is 1. The maximum Gasteiger partial charge on any atom is 0.351 e. The van der Waals surface area contributed by atoms with Gasteiger partial charge in [-0.2, -0.15) is 0 Å². The second-order valence-corrected chi connectivity index (χ2v) is 4.74. The number of hydrogen-bond acceptors (Lipinski definition) is 8. The van der Waals surface area contributed by atoms with Crippen LogP contribution in [0.4, 0.5) is 10.9 Å². The summed E-state index contributed by atoms with van der Waals surface area (Å²) in [6.45, 7) is 0.329. The molecule has 3 N–H and O–H groups in total. The first kappa shape index (κ1) is 13.5. The molecule has 0 aliphatic rings. The predicted molar refractivity (Wildman–Crippen MR) is 72.2 cm³/mol. The molecule has 7 nitrogen and oxygen atoms in total. The summed E-state index contributed by atoms with van der Waals surface area (Å²) in [5.74, 6) is 0.390. The molecular formula is C10H10ClN5O2S. The fraction of sp³-hybridized carbons (Fsp3) is 0.200. The molecular weight excluding hydrogens is 290 g/mol. The van der Waals surface area contributed by atoms with Crippen molar-refractivity contribution in [2.75, 3.05) is 18.2 Å². The van der Waals surface area contributed by atoms with Gasteiger partial charge in [-0.15, -0.1) is 0 Å². The number of aromatic nitrogens is 3. The van der Waals surface area contributed by atoms with Gasteiger partial charge in [0.15, 0.2) is 15.2 Å². The van der Waals surface area contributed by atoms with E-state index in [0.717, 1.165) is 11.3 Å². The van der Waals surface area contributed by atoms with Gasteiger partial charge >= 0.3 is 5.97 Å². The van der Waals surface area contributed by atoms with Gasteiger partial charge in [0.05, 0.1) is 13.7 Å². The Hall–Kier alpha value is -1.93. The van der Waals surface area contributed by atoms with Gasteiger partial charge in [0, 0.05) is 6.20 Å². The lowest BCUT2D eigenvalue weighted by Gasteiger charge is -2.01. The van der Waals surface area contributed by atoms with Gasteiger partial charge in [-0.05, 0) is 6.07 Å². The Labute approximate surface area is 117 Å². The van der Waals surface area contributed by atoms with Gasteiger partial charge in [-0.1, -0.05) is 22.9 Å². The van der Waals surface area contributed by atoms with Crippen molar-refractivity contribution in [3.05, 3.63) is 28.1 Å². The molecule has 0 fully saturated rings. The Morgan fingerprint density at radius 3 is 3.05 bits per heavy atom. The summed E-state index contributed by atoms with van der Waals surface area (Å²) < 4.78 is 4.59. The molecule has 19 heavy (non-hydrogen) atoms.